The van der Waals surface area contributed by atoms with Gasteiger partial charge < -0.3 is 0 Å². The van der Waals surface area contributed by atoms with Gasteiger partial charge in [0, 0.05) is 0 Å². The number of fused-ring (bicyclic) bond motifs is 2. The second-order valence-electron chi connectivity index (χ2n) is 8.68. The van der Waals surface area contributed by atoms with Gasteiger partial charge >= 0.3 is 0 Å². The fourth-order valence-electron chi connectivity index (χ4n) is 4.57. The summed E-state index contributed by atoms with van der Waals surface area (Å²) in [4.78, 5) is 33.0. The quantitative estimate of drug-likeness (QED) is 0.272. The highest BCUT2D eigenvalue weighted by Gasteiger charge is 2.41. The first-order valence-electron chi connectivity index (χ1n) is 11.6. The molecule has 1 aliphatic rings. The molecule has 0 aromatic heterocycles. The molecule has 0 bridgehead atoms. The summed E-state index contributed by atoms with van der Waals surface area (Å²) in [5, 5.41) is 4.82. The van der Waals surface area contributed by atoms with Gasteiger partial charge in [-0.2, -0.15) is 0 Å². The number of hydrogen-bond donors (Lipinski definition) is 0. The van der Waals surface area contributed by atoms with Gasteiger partial charge in [0.2, 0.25) is 0 Å². The van der Waals surface area contributed by atoms with E-state index < -0.39 is 11.8 Å². The van der Waals surface area contributed by atoms with Crippen molar-refractivity contribution in [2.45, 2.75) is 6.61 Å². The number of halogens is 1. The van der Waals surface area contributed by atoms with E-state index >= 15 is 0 Å². The normalized spacial score (nSPS) is 13.9. The molecular weight excluding hydrogens is 453 g/mol. The molecule has 4 nitrogen and oxygen atoms in total. The van der Waals surface area contributed by atoms with E-state index in [-0.39, 0.29) is 12.4 Å². The zero-order valence-corrected chi connectivity index (χ0v) is 19.1. The first-order chi connectivity index (χ1) is 17.6. The molecule has 0 aliphatic carbocycles. The van der Waals surface area contributed by atoms with E-state index in [0.29, 0.717) is 27.8 Å². The smallest absolute Gasteiger partial charge is 0.266 e. The van der Waals surface area contributed by atoms with Gasteiger partial charge in [-0.15, -0.1) is 5.06 Å². The largest absolute Gasteiger partial charge is 0.286 e. The minimum Gasteiger partial charge on any atom is -0.266 e. The molecule has 0 saturated heterocycles. The molecule has 0 atom stereocenters. The maximum Gasteiger partial charge on any atom is 0.286 e. The third-order valence-electron chi connectivity index (χ3n) is 6.40. The maximum atomic E-state index is 13.6. The molecule has 1 heterocycles. The van der Waals surface area contributed by atoms with Crippen LogP contribution in [-0.2, 0) is 21.0 Å². The van der Waals surface area contributed by atoms with Crippen LogP contribution in [0.1, 0.15) is 16.7 Å². The molecule has 0 fully saturated rings. The Bertz CT molecular complexity index is 1590. The van der Waals surface area contributed by atoms with E-state index in [2.05, 4.69) is 0 Å². The molecule has 6 rings (SSSR count). The van der Waals surface area contributed by atoms with Crippen molar-refractivity contribution in [1.82, 2.24) is 5.06 Å². The third kappa shape index (κ3) is 3.85. The lowest BCUT2D eigenvalue weighted by atomic mass is 9.93. The van der Waals surface area contributed by atoms with Crippen molar-refractivity contribution < 1.29 is 18.8 Å². The van der Waals surface area contributed by atoms with Crippen LogP contribution in [0.5, 0.6) is 0 Å². The van der Waals surface area contributed by atoms with Gasteiger partial charge in [-0.05, 0) is 62.5 Å². The maximum absolute atomic E-state index is 13.6. The van der Waals surface area contributed by atoms with Gasteiger partial charge in [0.15, 0.2) is 0 Å². The van der Waals surface area contributed by atoms with E-state index in [1.807, 2.05) is 84.9 Å². The molecule has 1 aliphatic heterocycles. The number of benzene rings is 5. The van der Waals surface area contributed by atoms with Crippen LogP contribution in [0.15, 0.2) is 109 Å². The van der Waals surface area contributed by atoms with Crippen LogP contribution in [0.4, 0.5) is 4.39 Å². The van der Waals surface area contributed by atoms with Crippen molar-refractivity contribution >= 4 is 44.5 Å². The predicted molar refractivity (Wildman–Crippen MR) is 138 cm³/mol. The number of rotatable bonds is 5. The number of nitrogens with zero attached hydrogens (tertiary/aromatic N) is 1. The zero-order chi connectivity index (χ0) is 24.6. The van der Waals surface area contributed by atoms with Gasteiger partial charge in [-0.3, -0.25) is 14.4 Å². The summed E-state index contributed by atoms with van der Waals surface area (Å²) in [5.74, 6) is -1.42. The summed E-state index contributed by atoms with van der Waals surface area (Å²) in [5.41, 5.74) is 2.51. The summed E-state index contributed by atoms with van der Waals surface area (Å²) >= 11 is 0. The second-order valence-corrected chi connectivity index (χ2v) is 8.68. The highest BCUT2D eigenvalue weighted by molar-refractivity contribution is 6.48. The van der Waals surface area contributed by atoms with Gasteiger partial charge in [0.25, 0.3) is 11.8 Å². The van der Waals surface area contributed by atoms with Crippen LogP contribution >= 0.6 is 0 Å². The average Bonchev–Trinajstić information content (AvgIpc) is 3.17. The van der Waals surface area contributed by atoms with Gasteiger partial charge in [0.05, 0.1) is 11.1 Å². The minimum absolute atomic E-state index is 0.0479. The molecule has 0 radical (unpaired) electrons. The molecule has 5 heteroatoms. The molecule has 5 aromatic carbocycles. The van der Waals surface area contributed by atoms with Crippen molar-refractivity contribution in [2.75, 3.05) is 0 Å². The van der Waals surface area contributed by atoms with Crippen molar-refractivity contribution in [3.8, 4) is 0 Å². The Balaban J connectivity index is 1.45. The summed E-state index contributed by atoms with van der Waals surface area (Å²) in [6.45, 7) is -0.0479. The zero-order valence-electron chi connectivity index (χ0n) is 19.1. The van der Waals surface area contributed by atoms with E-state index in [0.717, 1.165) is 26.6 Å². The number of carbonyl (C=O) groups excluding carboxylic acids is 2. The minimum atomic E-state index is -0.527. The lowest BCUT2D eigenvalue weighted by Gasteiger charge is -2.15. The summed E-state index contributed by atoms with van der Waals surface area (Å²) in [6.07, 6.45) is 0. The Morgan fingerprint density at radius 2 is 1.06 bits per heavy atom. The second kappa shape index (κ2) is 8.87. The Hall–Kier alpha value is -4.61. The number of hydroxylamine groups is 2. The summed E-state index contributed by atoms with van der Waals surface area (Å²) < 4.78 is 13.3. The molecule has 36 heavy (non-hydrogen) atoms. The molecule has 0 N–H and O–H groups in total. The highest BCUT2D eigenvalue weighted by atomic mass is 19.1. The molecule has 5 aromatic rings. The lowest BCUT2D eigenvalue weighted by Crippen LogP contribution is -2.31. The Morgan fingerprint density at radius 1 is 0.583 bits per heavy atom. The molecule has 2 amide bonds. The van der Waals surface area contributed by atoms with Crippen LogP contribution in [0, 0.1) is 5.82 Å². The number of hydrogen-bond acceptors (Lipinski definition) is 3. The summed E-state index contributed by atoms with van der Waals surface area (Å²) in [7, 11) is 0. The van der Waals surface area contributed by atoms with E-state index in [4.69, 9.17) is 4.84 Å². The molecular formula is C31H20FNO3. The van der Waals surface area contributed by atoms with Crippen LogP contribution in [0.25, 0.3) is 32.7 Å². The molecule has 0 unspecified atom stereocenters. The van der Waals surface area contributed by atoms with Gasteiger partial charge in [-0.1, -0.05) is 84.9 Å². The Morgan fingerprint density at radius 3 is 1.56 bits per heavy atom. The standard InChI is InChI=1S/C31H20FNO3/c32-27-15-9-20(10-16-27)19-36-33-30(34)28(25-13-11-21-5-1-3-7-23(21)17-25)29(31(33)35)26-14-12-22-6-2-4-8-24(22)18-26/h1-18H,19H2. The number of imide groups is 1. The van der Waals surface area contributed by atoms with E-state index in [1.165, 1.54) is 12.1 Å². The van der Waals surface area contributed by atoms with Crippen molar-refractivity contribution in [2.24, 2.45) is 0 Å². The van der Waals surface area contributed by atoms with E-state index in [1.54, 1.807) is 12.1 Å². The molecule has 0 spiro atoms. The number of amides is 2. The predicted octanol–water partition coefficient (Wildman–Crippen LogP) is 6.54. The third-order valence-corrected chi connectivity index (χ3v) is 6.40. The van der Waals surface area contributed by atoms with Gasteiger partial charge in [0.1, 0.15) is 12.4 Å². The Kier molecular flexibility index (Phi) is 5.40. The highest BCUT2D eigenvalue weighted by Crippen LogP contribution is 2.38. The van der Waals surface area contributed by atoms with Crippen molar-refractivity contribution in [1.29, 1.82) is 0 Å². The topological polar surface area (TPSA) is 46.6 Å². The van der Waals surface area contributed by atoms with Crippen LogP contribution in [0.3, 0.4) is 0 Å². The fraction of sp³-hybridized carbons (Fsp3) is 0.0323. The first-order valence-corrected chi connectivity index (χ1v) is 11.6. The SMILES string of the molecule is O=C1C(c2ccc3ccccc3c2)=C(c2ccc3ccccc3c2)C(=O)N1OCc1ccc(F)cc1. The Labute approximate surface area is 206 Å². The van der Waals surface area contributed by atoms with E-state index in [9.17, 15) is 14.0 Å². The first kappa shape index (κ1) is 21.9. The van der Waals surface area contributed by atoms with Crippen LogP contribution in [0.2, 0.25) is 0 Å². The van der Waals surface area contributed by atoms with Crippen molar-refractivity contribution in [3.63, 3.8) is 0 Å². The number of carbonyl (C=O) groups is 2. The van der Waals surface area contributed by atoms with Gasteiger partial charge in [-0.25, -0.2) is 4.39 Å². The fourth-order valence-corrected chi connectivity index (χ4v) is 4.57. The monoisotopic (exact) mass is 473 g/mol. The van der Waals surface area contributed by atoms with Crippen molar-refractivity contribution in [3.05, 3.63) is 132 Å². The molecule has 0 saturated carbocycles. The van der Waals surface area contributed by atoms with Crippen LogP contribution < -0.4 is 0 Å². The summed E-state index contributed by atoms with van der Waals surface area (Å²) in [6, 6.07) is 32.9. The average molecular weight is 474 g/mol. The molecule has 174 valence electrons. The lowest BCUT2D eigenvalue weighted by molar-refractivity contribution is -0.188. The van der Waals surface area contributed by atoms with Crippen LogP contribution in [-0.4, -0.2) is 16.9 Å².